The van der Waals surface area contributed by atoms with Crippen LogP contribution >= 0.6 is 0 Å². The third kappa shape index (κ3) is 3.16. The van der Waals surface area contributed by atoms with E-state index in [-0.39, 0.29) is 0 Å². The van der Waals surface area contributed by atoms with Crippen molar-refractivity contribution in [1.82, 2.24) is 0 Å². The van der Waals surface area contributed by atoms with Gasteiger partial charge in [0.1, 0.15) is 5.75 Å². The Morgan fingerprint density at radius 2 is 2.17 bits per heavy atom. The summed E-state index contributed by atoms with van der Waals surface area (Å²) in [7, 11) is 1.71. The normalized spacial score (nSPS) is 14.6. The van der Waals surface area contributed by atoms with Crippen molar-refractivity contribution < 1.29 is 4.74 Å². The summed E-state index contributed by atoms with van der Waals surface area (Å²) < 4.78 is 5.34. The molecule has 0 saturated heterocycles. The molecule has 1 saturated carbocycles. The molecule has 1 fully saturated rings. The van der Waals surface area contributed by atoms with E-state index >= 15 is 0 Å². The van der Waals surface area contributed by atoms with Crippen LogP contribution in [-0.2, 0) is 6.54 Å². The predicted molar refractivity (Wildman–Crippen MR) is 76.1 cm³/mol. The summed E-state index contributed by atoms with van der Waals surface area (Å²) in [6.07, 6.45) is 3.91. The third-order valence-electron chi connectivity index (χ3n) is 3.52. The highest BCUT2D eigenvalue weighted by molar-refractivity contribution is 5.57. The molecule has 3 heteroatoms. The van der Waals surface area contributed by atoms with Crippen LogP contribution in [0.2, 0.25) is 0 Å². The van der Waals surface area contributed by atoms with Crippen molar-refractivity contribution in [2.75, 3.05) is 25.1 Å². The quantitative estimate of drug-likeness (QED) is 0.806. The van der Waals surface area contributed by atoms with Crippen LogP contribution in [0.5, 0.6) is 5.75 Å². The van der Waals surface area contributed by atoms with Crippen LogP contribution in [0.3, 0.4) is 0 Å². The van der Waals surface area contributed by atoms with Crippen LogP contribution in [0.15, 0.2) is 18.2 Å². The summed E-state index contributed by atoms with van der Waals surface area (Å²) in [5.41, 5.74) is 8.32. The zero-order chi connectivity index (χ0) is 13.0. The Balaban J connectivity index is 2.24. The Morgan fingerprint density at radius 3 is 2.72 bits per heavy atom. The second-order valence-electron chi connectivity index (χ2n) is 5.09. The average molecular weight is 248 g/mol. The molecule has 0 aromatic heterocycles. The smallest absolute Gasteiger partial charge is 0.120 e. The summed E-state index contributed by atoms with van der Waals surface area (Å²) in [5, 5.41) is 0. The summed E-state index contributed by atoms with van der Waals surface area (Å²) in [4.78, 5) is 2.47. The maximum atomic E-state index is 5.86. The number of benzene rings is 1. The molecule has 0 heterocycles. The van der Waals surface area contributed by atoms with Crippen LogP contribution in [-0.4, -0.2) is 20.2 Å². The van der Waals surface area contributed by atoms with E-state index in [1.807, 2.05) is 6.07 Å². The van der Waals surface area contributed by atoms with Gasteiger partial charge in [-0.2, -0.15) is 0 Å². The van der Waals surface area contributed by atoms with Gasteiger partial charge in [0.25, 0.3) is 0 Å². The van der Waals surface area contributed by atoms with E-state index in [1.54, 1.807) is 7.11 Å². The first-order valence-electron chi connectivity index (χ1n) is 6.90. The van der Waals surface area contributed by atoms with Gasteiger partial charge in [-0.1, -0.05) is 13.0 Å². The Labute approximate surface area is 110 Å². The predicted octanol–water partition coefficient (Wildman–Crippen LogP) is 2.78. The van der Waals surface area contributed by atoms with Gasteiger partial charge in [0, 0.05) is 31.4 Å². The number of hydrogen-bond acceptors (Lipinski definition) is 3. The van der Waals surface area contributed by atoms with Crippen molar-refractivity contribution in [2.24, 2.45) is 11.7 Å². The highest BCUT2D eigenvalue weighted by atomic mass is 16.5. The van der Waals surface area contributed by atoms with Crippen LogP contribution in [0.25, 0.3) is 0 Å². The van der Waals surface area contributed by atoms with Crippen LogP contribution in [0, 0.1) is 5.92 Å². The highest BCUT2D eigenvalue weighted by Gasteiger charge is 2.25. The monoisotopic (exact) mass is 248 g/mol. The fourth-order valence-electron chi connectivity index (χ4n) is 2.33. The van der Waals surface area contributed by atoms with Gasteiger partial charge in [-0.15, -0.1) is 0 Å². The lowest BCUT2D eigenvalue weighted by atomic mass is 10.1. The van der Waals surface area contributed by atoms with E-state index in [0.29, 0.717) is 6.54 Å². The molecular formula is C15H24N2O. The van der Waals surface area contributed by atoms with E-state index in [1.165, 1.54) is 24.1 Å². The lowest BCUT2D eigenvalue weighted by Gasteiger charge is -2.27. The number of rotatable bonds is 7. The van der Waals surface area contributed by atoms with Crippen molar-refractivity contribution in [1.29, 1.82) is 0 Å². The summed E-state index contributed by atoms with van der Waals surface area (Å²) in [6.45, 7) is 5.07. The number of methoxy groups -OCH3 is 1. The van der Waals surface area contributed by atoms with Gasteiger partial charge in [0.05, 0.1) is 7.11 Å². The van der Waals surface area contributed by atoms with Gasteiger partial charge in [-0.05, 0) is 36.8 Å². The lowest BCUT2D eigenvalue weighted by Crippen LogP contribution is -2.28. The maximum Gasteiger partial charge on any atom is 0.120 e. The van der Waals surface area contributed by atoms with Crippen molar-refractivity contribution in [3.05, 3.63) is 23.8 Å². The molecule has 1 aromatic carbocycles. The van der Waals surface area contributed by atoms with Crippen LogP contribution in [0.1, 0.15) is 31.7 Å². The summed E-state index contributed by atoms with van der Waals surface area (Å²) in [6, 6.07) is 6.21. The lowest BCUT2D eigenvalue weighted by molar-refractivity contribution is 0.414. The molecule has 1 aliphatic carbocycles. The molecule has 2 rings (SSSR count). The van der Waals surface area contributed by atoms with E-state index in [0.717, 1.165) is 31.2 Å². The molecule has 0 radical (unpaired) electrons. The first-order chi connectivity index (χ1) is 8.78. The van der Waals surface area contributed by atoms with Crippen molar-refractivity contribution >= 4 is 5.69 Å². The summed E-state index contributed by atoms with van der Waals surface area (Å²) >= 11 is 0. The van der Waals surface area contributed by atoms with Gasteiger partial charge in [-0.3, -0.25) is 0 Å². The van der Waals surface area contributed by atoms with Gasteiger partial charge >= 0.3 is 0 Å². The van der Waals surface area contributed by atoms with E-state index in [2.05, 4.69) is 24.0 Å². The second kappa shape index (κ2) is 6.10. The fraction of sp³-hybridized carbons (Fsp3) is 0.600. The molecule has 0 spiro atoms. The summed E-state index contributed by atoms with van der Waals surface area (Å²) in [5.74, 6) is 1.80. The molecule has 100 valence electrons. The third-order valence-corrected chi connectivity index (χ3v) is 3.52. The molecule has 1 aromatic rings. The first-order valence-corrected chi connectivity index (χ1v) is 6.90. The van der Waals surface area contributed by atoms with Crippen LogP contribution in [0.4, 0.5) is 5.69 Å². The molecule has 0 amide bonds. The topological polar surface area (TPSA) is 38.5 Å². The average Bonchev–Trinajstić information content (AvgIpc) is 3.21. The minimum absolute atomic E-state index is 0.588. The zero-order valence-electron chi connectivity index (χ0n) is 11.5. The zero-order valence-corrected chi connectivity index (χ0v) is 11.5. The SMILES string of the molecule is CCCN(CC1CC1)c1cc(OC)ccc1CN. The number of hydrogen-bond donors (Lipinski definition) is 1. The van der Waals surface area contributed by atoms with Gasteiger partial charge in [0.2, 0.25) is 0 Å². The molecular weight excluding hydrogens is 224 g/mol. The number of nitrogens with zero attached hydrogens (tertiary/aromatic N) is 1. The molecule has 0 aliphatic heterocycles. The molecule has 0 bridgehead atoms. The molecule has 18 heavy (non-hydrogen) atoms. The minimum atomic E-state index is 0.588. The van der Waals surface area contributed by atoms with Crippen molar-refractivity contribution in [2.45, 2.75) is 32.7 Å². The Morgan fingerprint density at radius 1 is 1.39 bits per heavy atom. The minimum Gasteiger partial charge on any atom is -0.497 e. The van der Waals surface area contributed by atoms with E-state index in [9.17, 15) is 0 Å². The molecule has 1 aliphatic rings. The number of ether oxygens (including phenoxy) is 1. The molecule has 3 nitrogen and oxygen atoms in total. The van der Waals surface area contributed by atoms with E-state index in [4.69, 9.17) is 10.5 Å². The number of nitrogens with two attached hydrogens (primary N) is 1. The highest BCUT2D eigenvalue weighted by Crippen LogP contribution is 2.33. The Bertz CT molecular complexity index is 388. The maximum absolute atomic E-state index is 5.86. The molecule has 2 N–H and O–H groups in total. The Hall–Kier alpha value is -1.22. The van der Waals surface area contributed by atoms with Gasteiger partial charge in [0.15, 0.2) is 0 Å². The van der Waals surface area contributed by atoms with Gasteiger partial charge in [-0.25, -0.2) is 0 Å². The van der Waals surface area contributed by atoms with E-state index < -0.39 is 0 Å². The first kappa shape index (κ1) is 13.2. The standard InChI is InChI=1S/C15H24N2O/c1-3-8-17(11-12-4-5-12)15-9-14(18-2)7-6-13(15)10-16/h6-7,9,12H,3-5,8,10-11,16H2,1-2H3. The number of anilines is 1. The Kier molecular flexibility index (Phi) is 4.48. The second-order valence-corrected chi connectivity index (χ2v) is 5.09. The van der Waals surface area contributed by atoms with Crippen molar-refractivity contribution in [3.63, 3.8) is 0 Å². The van der Waals surface area contributed by atoms with Gasteiger partial charge < -0.3 is 15.4 Å². The molecule has 0 atom stereocenters. The van der Waals surface area contributed by atoms with Crippen LogP contribution < -0.4 is 15.4 Å². The molecule has 0 unspecified atom stereocenters. The van der Waals surface area contributed by atoms with Crippen molar-refractivity contribution in [3.8, 4) is 5.75 Å². The fourth-order valence-corrected chi connectivity index (χ4v) is 2.33. The largest absolute Gasteiger partial charge is 0.497 e.